The summed E-state index contributed by atoms with van der Waals surface area (Å²) in [6, 6.07) is 12.6. The molecule has 1 N–H and O–H groups in total. The highest BCUT2D eigenvalue weighted by Crippen LogP contribution is 2.13. The number of cyclic esters (lactones) is 1. The summed E-state index contributed by atoms with van der Waals surface area (Å²) in [6.45, 7) is 0.190. The van der Waals surface area contributed by atoms with Gasteiger partial charge in [0.15, 0.2) is 0 Å². The first-order valence-corrected chi connectivity index (χ1v) is 7.14. The molecule has 0 radical (unpaired) electrons. The molecular weight excluding hydrogens is 294 g/mol. The van der Waals surface area contributed by atoms with E-state index in [2.05, 4.69) is 10.4 Å². The highest BCUT2D eigenvalue weighted by molar-refractivity contribution is 5.94. The van der Waals surface area contributed by atoms with Crippen LogP contribution in [0.15, 0.2) is 60.9 Å². The van der Waals surface area contributed by atoms with Crippen LogP contribution in [0.25, 0.3) is 6.08 Å². The molecule has 23 heavy (non-hydrogen) atoms. The van der Waals surface area contributed by atoms with Gasteiger partial charge in [-0.15, -0.1) is 0 Å². The number of hydrogen-bond acceptors (Lipinski definition) is 4. The van der Waals surface area contributed by atoms with Crippen molar-refractivity contribution in [2.45, 2.75) is 6.04 Å². The van der Waals surface area contributed by atoms with Crippen LogP contribution in [0.1, 0.15) is 15.9 Å². The van der Waals surface area contributed by atoms with Crippen LogP contribution in [-0.2, 0) is 4.74 Å². The zero-order valence-corrected chi connectivity index (χ0v) is 12.3. The maximum absolute atomic E-state index is 12.1. The van der Waals surface area contributed by atoms with E-state index in [0.29, 0.717) is 5.56 Å². The topological polar surface area (TPSA) is 71.5 Å². The van der Waals surface area contributed by atoms with Crippen molar-refractivity contribution in [2.24, 2.45) is 0 Å². The first kappa shape index (κ1) is 14.8. The Morgan fingerprint density at radius 2 is 2.09 bits per heavy atom. The van der Waals surface area contributed by atoms with Crippen molar-refractivity contribution < 1.29 is 14.3 Å². The lowest BCUT2D eigenvalue weighted by molar-refractivity contribution is 0.0813. The molecule has 1 unspecified atom stereocenters. The van der Waals surface area contributed by atoms with Gasteiger partial charge in [-0.25, -0.2) is 9.80 Å². The van der Waals surface area contributed by atoms with Gasteiger partial charge in [-0.2, -0.15) is 0 Å². The molecule has 2 aromatic rings. The molecule has 6 nitrogen and oxygen atoms in total. The zero-order chi connectivity index (χ0) is 16.1. The van der Waals surface area contributed by atoms with Gasteiger partial charge in [-0.1, -0.05) is 42.5 Å². The second-order valence-corrected chi connectivity index (χ2v) is 4.97. The van der Waals surface area contributed by atoms with Gasteiger partial charge in [0, 0.05) is 12.4 Å². The fourth-order valence-corrected chi connectivity index (χ4v) is 2.16. The van der Waals surface area contributed by atoms with Crippen LogP contribution in [0.5, 0.6) is 0 Å². The van der Waals surface area contributed by atoms with Gasteiger partial charge in [-0.05, 0) is 17.7 Å². The number of carbonyl (C=O) groups excluding carboxylic acids is 2. The normalized spacial score (nSPS) is 17.3. The van der Waals surface area contributed by atoms with E-state index in [9.17, 15) is 9.59 Å². The minimum Gasteiger partial charge on any atom is -0.446 e. The first-order valence-electron chi connectivity index (χ1n) is 7.14. The summed E-state index contributed by atoms with van der Waals surface area (Å²) in [4.78, 5) is 27.8. The highest BCUT2D eigenvalue weighted by Gasteiger charge is 2.32. The van der Waals surface area contributed by atoms with Crippen molar-refractivity contribution >= 4 is 18.1 Å². The van der Waals surface area contributed by atoms with Crippen molar-refractivity contribution in [1.29, 1.82) is 0 Å². The Hall–Kier alpha value is -3.15. The molecule has 6 heteroatoms. The zero-order valence-electron chi connectivity index (χ0n) is 12.3. The average molecular weight is 309 g/mol. The molecule has 1 aromatic heterocycles. The van der Waals surface area contributed by atoms with Crippen molar-refractivity contribution in [3.63, 3.8) is 0 Å². The van der Waals surface area contributed by atoms with Gasteiger partial charge < -0.3 is 4.74 Å². The van der Waals surface area contributed by atoms with Crippen LogP contribution < -0.4 is 5.43 Å². The molecule has 0 aliphatic carbocycles. The Labute approximate surface area is 133 Å². The number of amides is 2. The number of nitrogens with one attached hydrogen (secondary N) is 1. The molecule has 1 aliphatic heterocycles. The van der Waals surface area contributed by atoms with Crippen LogP contribution in [0, 0.1) is 0 Å². The van der Waals surface area contributed by atoms with Crippen LogP contribution in [0.4, 0.5) is 4.79 Å². The Bertz CT molecular complexity index is 716. The Balaban J connectivity index is 1.70. The molecule has 2 amide bonds. The lowest BCUT2D eigenvalue weighted by atomic mass is 10.2. The van der Waals surface area contributed by atoms with E-state index in [-0.39, 0.29) is 12.6 Å². The first-order chi connectivity index (χ1) is 11.2. The maximum atomic E-state index is 12.1. The molecule has 2 heterocycles. The number of ether oxygens (including phenoxy) is 1. The summed E-state index contributed by atoms with van der Waals surface area (Å²) in [5, 5.41) is 1.19. The Morgan fingerprint density at radius 3 is 2.83 bits per heavy atom. The number of pyridine rings is 1. The highest BCUT2D eigenvalue weighted by atomic mass is 16.6. The van der Waals surface area contributed by atoms with Gasteiger partial charge in [0.1, 0.15) is 12.6 Å². The fourth-order valence-electron chi connectivity index (χ4n) is 2.16. The third kappa shape index (κ3) is 3.55. The van der Waals surface area contributed by atoms with E-state index in [4.69, 9.17) is 4.74 Å². The Morgan fingerprint density at radius 1 is 1.26 bits per heavy atom. The lowest BCUT2D eigenvalue weighted by Crippen LogP contribution is -2.47. The minimum atomic E-state index is -0.579. The molecule has 1 aliphatic rings. The Kier molecular flexibility index (Phi) is 4.33. The third-order valence-electron chi connectivity index (χ3n) is 3.36. The van der Waals surface area contributed by atoms with Crippen molar-refractivity contribution in [2.75, 3.05) is 6.61 Å². The number of carbonyl (C=O) groups is 2. The van der Waals surface area contributed by atoms with Crippen LogP contribution in [0.2, 0.25) is 0 Å². The molecular formula is C17H15N3O3. The molecule has 1 aromatic carbocycles. The van der Waals surface area contributed by atoms with Crippen molar-refractivity contribution in [3.05, 3.63) is 72.1 Å². The number of nitrogens with zero attached hydrogens (tertiary/aromatic N) is 2. The molecule has 0 spiro atoms. The molecule has 3 rings (SSSR count). The molecule has 1 atom stereocenters. The number of aromatic nitrogens is 1. The largest absolute Gasteiger partial charge is 0.446 e. The average Bonchev–Trinajstić information content (AvgIpc) is 2.95. The summed E-state index contributed by atoms with van der Waals surface area (Å²) in [5.41, 5.74) is 3.94. The number of hydrogen-bond donors (Lipinski definition) is 1. The summed E-state index contributed by atoms with van der Waals surface area (Å²) >= 11 is 0. The number of benzene rings is 1. The summed E-state index contributed by atoms with van der Waals surface area (Å²) in [5.74, 6) is -0.407. The maximum Gasteiger partial charge on any atom is 0.429 e. The summed E-state index contributed by atoms with van der Waals surface area (Å²) in [7, 11) is 0. The fraction of sp³-hybridized carbons (Fsp3) is 0.118. The minimum absolute atomic E-state index is 0.190. The standard InChI is InChI=1S/C17H15N3O3/c21-16(14-7-4-10-18-11-14)19-20-15(12-23-17(20)22)9-8-13-5-2-1-3-6-13/h1-11,15H,12H2,(H,19,21)/b9-8+. The van der Waals surface area contributed by atoms with Gasteiger partial charge in [0.2, 0.25) is 0 Å². The second-order valence-electron chi connectivity index (χ2n) is 4.97. The quantitative estimate of drug-likeness (QED) is 0.940. The molecule has 0 bridgehead atoms. The predicted octanol–water partition coefficient (Wildman–Crippen LogP) is 2.26. The van der Waals surface area contributed by atoms with Gasteiger partial charge in [-0.3, -0.25) is 15.2 Å². The van der Waals surface area contributed by atoms with Gasteiger partial charge in [0.25, 0.3) is 5.91 Å². The van der Waals surface area contributed by atoms with E-state index in [1.165, 1.54) is 11.2 Å². The van der Waals surface area contributed by atoms with E-state index < -0.39 is 12.0 Å². The van der Waals surface area contributed by atoms with Crippen LogP contribution >= 0.6 is 0 Å². The van der Waals surface area contributed by atoms with Crippen molar-refractivity contribution in [3.8, 4) is 0 Å². The van der Waals surface area contributed by atoms with E-state index in [1.54, 1.807) is 18.3 Å². The summed E-state index contributed by atoms with van der Waals surface area (Å²) < 4.78 is 5.01. The van der Waals surface area contributed by atoms with Crippen LogP contribution in [-0.4, -0.2) is 34.6 Å². The summed E-state index contributed by atoms with van der Waals surface area (Å²) in [6.07, 6.45) is 6.14. The monoisotopic (exact) mass is 309 g/mol. The second kappa shape index (κ2) is 6.74. The van der Waals surface area contributed by atoms with Gasteiger partial charge in [0.05, 0.1) is 5.56 Å². The number of rotatable bonds is 4. The van der Waals surface area contributed by atoms with Crippen LogP contribution in [0.3, 0.4) is 0 Å². The van der Waals surface area contributed by atoms with E-state index in [1.807, 2.05) is 42.5 Å². The van der Waals surface area contributed by atoms with Crippen molar-refractivity contribution in [1.82, 2.24) is 15.4 Å². The lowest BCUT2D eigenvalue weighted by Gasteiger charge is -2.19. The SMILES string of the molecule is O=C(NN1C(=O)OCC1/C=C/c1ccccc1)c1cccnc1. The smallest absolute Gasteiger partial charge is 0.429 e. The van der Waals surface area contributed by atoms with E-state index in [0.717, 1.165) is 5.56 Å². The molecule has 1 fully saturated rings. The third-order valence-corrected chi connectivity index (χ3v) is 3.36. The predicted molar refractivity (Wildman–Crippen MR) is 84.2 cm³/mol. The molecule has 1 saturated heterocycles. The van der Waals surface area contributed by atoms with E-state index >= 15 is 0 Å². The molecule has 116 valence electrons. The molecule has 0 saturated carbocycles. The number of hydrazine groups is 1. The van der Waals surface area contributed by atoms with Gasteiger partial charge >= 0.3 is 6.09 Å².